The van der Waals surface area contributed by atoms with Crippen LogP contribution >= 0.6 is 0 Å². The van der Waals surface area contributed by atoms with Crippen LogP contribution in [0.15, 0.2) is 78.9 Å². The van der Waals surface area contributed by atoms with Crippen molar-refractivity contribution >= 4 is 22.7 Å². The summed E-state index contributed by atoms with van der Waals surface area (Å²) in [6.45, 7) is 1.54. The first-order valence-corrected chi connectivity index (χ1v) is 13.1. The van der Waals surface area contributed by atoms with E-state index in [2.05, 4.69) is 17.4 Å². The van der Waals surface area contributed by atoms with Crippen LogP contribution in [0.2, 0.25) is 0 Å². The maximum Gasteiger partial charge on any atom is 0.271 e. The molecular weight excluding hydrogens is 494 g/mol. The van der Waals surface area contributed by atoms with E-state index in [1.807, 2.05) is 54.6 Å². The summed E-state index contributed by atoms with van der Waals surface area (Å²) in [5.74, 6) is 0.376. The number of aromatic nitrogens is 1. The molecular formula is C31H31N3O5. The summed E-state index contributed by atoms with van der Waals surface area (Å²) in [7, 11) is 1.59. The van der Waals surface area contributed by atoms with Crippen LogP contribution in [0.1, 0.15) is 32.0 Å². The van der Waals surface area contributed by atoms with Crippen LogP contribution < -0.4 is 10.1 Å². The average Bonchev–Trinajstić information content (AvgIpc) is 3.33. The second-order valence-electron chi connectivity index (χ2n) is 10.4. The van der Waals surface area contributed by atoms with E-state index in [1.54, 1.807) is 24.1 Å². The predicted octanol–water partition coefficient (Wildman–Crippen LogP) is 3.36. The minimum Gasteiger partial charge on any atom is -0.497 e. The first-order valence-electron chi connectivity index (χ1n) is 13.1. The number of nitrogens with zero attached hydrogens (tertiary/aromatic N) is 2. The third-order valence-corrected chi connectivity index (χ3v) is 7.60. The molecule has 6 rings (SSSR count). The molecule has 0 bridgehead atoms. The highest BCUT2D eigenvalue weighted by molar-refractivity contribution is 6.09. The molecule has 1 atom stereocenters. The molecule has 2 aliphatic rings. The maximum atomic E-state index is 13.6. The largest absolute Gasteiger partial charge is 0.497 e. The lowest BCUT2D eigenvalue weighted by Gasteiger charge is -2.37. The molecule has 200 valence electrons. The number of methoxy groups -OCH3 is 1. The van der Waals surface area contributed by atoms with Gasteiger partial charge in [-0.25, -0.2) is 0 Å². The number of carbonyl (C=O) groups is 2. The molecule has 39 heavy (non-hydrogen) atoms. The summed E-state index contributed by atoms with van der Waals surface area (Å²) in [6.07, 6.45) is 0.691. The number of amides is 1. The van der Waals surface area contributed by atoms with Gasteiger partial charge < -0.3 is 24.8 Å². The first kappa shape index (κ1) is 25.3. The van der Waals surface area contributed by atoms with Crippen LogP contribution in [0.5, 0.6) is 5.75 Å². The Morgan fingerprint density at radius 1 is 1.00 bits per heavy atom. The molecule has 1 fully saturated rings. The maximum absolute atomic E-state index is 13.6. The lowest BCUT2D eigenvalue weighted by Crippen LogP contribution is -2.50. The Hall–Kier alpha value is -3.98. The van der Waals surface area contributed by atoms with E-state index in [9.17, 15) is 14.7 Å². The summed E-state index contributed by atoms with van der Waals surface area (Å²) in [5, 5.41) is 15.1. The number of ether oxygens (including phenoxy) is 2. The van der Waals surface area contributed by atoms with Gasteiger partial charge in [-0.05, 0) is 47.4 Å². The van der Waals surface area contributed by atoms with Gasteiger partial charge in [0.05, 0.1) is 25.8 Å². The first-order chi connectivity index (χ1) is 18.9. The van der Waals surface area contributed by atoms with Crippen LogP contribution in [0.4, 0.5) is 0 Å². The Morgan fingerprint density at radius 3 is 2.54 bits per heavy atom. The number of fused-ring (bicyclic) bond motifs is 3. The summed E-state index contributed by atoms with van der Waals surface area (Å²) >= 11 is 0. The van der Waals surface area contributed by atoms with E-state index < -0.39 is 5.60 Å². The van der Waals surface area contributed by atoms with Gasteiger partial charge in [-0.1, -0.05) is 54.6 Å². The number of hydrogen-bond donors (Lipinski definition) is 2. The monoisotopic (exact) mass is 525 g/mol. The number of aliphatic hydroxyl groups is 1. The molecule has 2 N–H and O–H groups in total. The fourth-order valence-corrected chi connectivity index (χ4v) is 5.42. The van der Waals surface area contributed by atoms with Crippen LogP contribution in [0.3, 0.4) is 0 Å². The minimum absolute atomic E-state index is 0.0110. The number of nitrogens with one attached hydrogen (secondary N) is 1. The fraction of sp³-hybridized carbons (Fsp3) is 0.290. The zero-order valence-corrected chi connectivity index (χ0v) is 21.8. The van der Waals surface area contributed by atoms with Gasteiger partial charge in [0.1, 0.15) is 23.6 Å². The molecule has 0 radical (unpaired) electrons. The average molecular weight is 526 g/mol. The summed E-state index contributed by atoms with van der Waals surface area (Å²) < 4.78 is 12.1. The molecule has 1 amide bonds. The van der Waals surface area contributed by atoms with Gasteiger partial charge in [0.25, 0.3) is 11.8 Å². The van der Waals surface area contributed by atoms with E-state index >= 15 is 0 Å². The minimum atomic E-state index is -0.928. The van der Waals surface area contributed by atoms with Crippen molar-refractivity contribution in [3.63, 3.8) is 0 Å². The number of hydrogen-bond acceptors (Lipinski definition) is 6. The van der Waals surface area contributed by atoms with Crippen molar-refractivity contribution in [3.8, 4) is 5.75 Å². The molecule has 3 heterocycles. The second-order valence-corrected chi connectivity index (χ2v) is 10.4. The van der Waals surface area contributed by atoms with Gasteiger partial charge in [0.2, 0.25) is 0 Å². The van der Waals surface area contributed by atoms with E-state index in [-0.39, 0.29) is 24.4 Å². The summed E-state index contributed by atoms with van der Waals surface area (Å²) in [5.41, 5.74) is 3.16. The smallest absolute Gasteiger partial charge is 0.271 e. The number of benzene rings is 3. The van der Waals surface area contributed by atoms with E-state index in [0.717, 1.165) is 22.1 Å². The van der Waals surface area contributed by atoms with Crippen molar-refractivity contribution in [2.24, 2.45) is 0 Å². The Kier molecular flexibility index (Phi) is 6.68. The van der Waals surface area contributed by atoms with Gasteiger partial charge in [0.15, 0.2) is 0 Å². The van der Waals surface area contributed by atoms with Crippen LogP contribution in [-0.2, 0) is 23.3 Å². The quantitative estimate of drug-likeness (QED) is 0.348. The number of carbonyl (C=O) groups excluding carboxylic acids is 2. The van der Waals surface area contributed by atoms with Crippen molar-refractivity contribution in [1.82, 2.24) is 14.8 Å². The van der Waals surface area contributed by atoms with Gasteiger partial charge in [0, 0.05) is 24.5 Å². The molecule has 0 unspecified atom stereocenters. The molecule has 1 saturated heterocycles. The molecule has 8 heteroatoms. The zero-order chi connectivity index (χ0) is 27.0. The van der Waals surface area contributed by atoms with Gasteiger partial charge in [-0.2, -0.15) is 0 Å². The third-order valence-electron chi connectivity index (χ3n) is 7.60. The highest BCUT2D eigenvalue weighted by atomic mass is 16.5. The Morgan fingerprint density at radius 2 is 1.79 bits per heavy atom. The topological polar surface area (TPSA) is 93.0 Å². The molecule has 8 nitrogen and oxygen atoms in total. The van der Waals surface area contributed by atoms with E-state index in [0.29, 0.717) is 49.7 Å². The molecule has 0 saturated carbocycles. The van der Waals surface area contributed by atoms with E-state index in [4.69, 9.17) is 9.47 Å². The fourth-order valence-electron chi connectivity index (χ4n) is 5.42. The van der Waals surface area contributed by atoms with Crippen molar-refractivity contribution in [3.05, 3.63) is 101 Å². The van der Waals surface area contributed by atoms with Crippen LogP contribution in [-0.4, -0.2) is 65.8 Å². The van der Waals surface area contributed by atoms with Crippen LogP contribution in [0, 0.1) is 0 Å². The molecule has 3 aromatic carbocycles. The predicted molar refractivity (Wildman–Crippen MR) is 147 cm³/mol. The Bertz CT molecular complexity index is 1530. The molecule has 0 aliphatic carbocycles. The van der Waals surface area contributed by atoms with Crippen molar-refractivity contribution in [1.29, 1.82) is 0 Å². The van der Waals surface area contributed by atoms with Crippen LogP contribution in [0.25, 0.3) is 10.9 Å². The molecule has 4 aromatic rings. The standard InChI is InChI=1S/C31H31N3O5/c1-38-26-10-11-27-23(14-26)15-28-30(36)33(18-29(35)34(27)28)17-25(13-21-6-3-2-4-7-21)32-16-22-8-5-9-24(12-22)31(37)19-39-20-31/h2-12,14-15,25,32,37H,13,16-20H2,1H3/t25-/m0/s1. The Balaban J connectivity index is 1.23. The zero-order valence-electron chi connectivity index (χ0n) is 21.8. The Labute approximate surface area is 226 Å². The van der Waals surface area contributed by atoms with Gasteiger partial charge in [-0.3, -0.25) is 14.2 Å². The SMILES string of the molecule is COc1ccc2c(c1)cc1n2C(=O)CN(C[C@H](Cc2ccccc2)NCc2cccc(C3(O)COC3)c2)C1=O. The van der Waals surface area contributed by atoms with Gasteiger partial charge >= 0.3 is 0 Å². The number of rotatable bonds is 9. The molecule has 0 spiro atoms. The van der Waals surface area contributed by atoms with Crippen molar-refractivity contribution in [2.45, 2.75) is 24.6 Å². The summed E-state index contributed by atoms with van der Waals surface area (Å²) in [6, 6.07) is 25.1. The lowest BCUT2D eigenvalue weighted by atomic mass is 9.91. The lowest BCUT2D eigenvalue weighted by molar-refractivity contribution is -0.184. The summed E-state index contributed by atoms with van der Waals surface area (Å²) in [4.78, 5) is 28.5. The normalized spacial score (nSPS) is 17.1. The van der Waals surface area contributed by atoms with Crippen molar-refractivity contribution in [2.75, 3.05) is 33.4 Å². The van der Waals surface area contributed by atoms with E-state index in [1.165, 1.54) is 4.57 Å². The highest BCUT2D eigenvalue weighted by Crippen LogP contribution is 2.30. The second kappa shape index (κ2) is 10.3. The molecule has 2 aliphatic heterocycles. The van der Waals surface area contributed by atoms with Gasteiger partial charge in [-0.15, -0.1) is 0 Å². The highest BCUT2D eigenvalue weighted by Gasteiger charge is 2.38. The third kappa shape index (κ3) is 4.94. The molecule has 1 aromatic heterocycles. The van der Waals surface area contributed by atoms with Crippen molar-refractivity contribution < 1.29 is 24.2 Å².